The summed E-state index contributed by atoms with van der Waals surface area (Å²) in [5.41, 5.74) is 5.38. The molecule has 0 saturated carbocycles. The summed E-state index contributed by atoms with van der Waals surface area (Å²) in [4.78, 5) is 38.0. The van der Waals surface area contributed by atoms with Crippen molar-refractivity contribution in [2.45, 2.75) is 54.6 Å². The van der Waals surface area contributed by atoms with Crippen LogP contribution in [0, 0.1) is 25.7 Å². The van der Waals surface area contributed by atoms with E-state index < -0.39 is 0 Å². The van der Waals surface area contributed by atoms with Crippen molar-refractivity contribution in [1.29, 1.82) is 0 Å². The predicted molar refractivity (Wildman–Crippen MR) is 218 cm³/mol. The fourth-order valence-electron chi connectivity index (χ4n) is 5.02. The molecule has 1 aliphatic heterocycles. The van der Waals surface area contributed by atoms with Crippen molar-refractivity contribution in [2.24, 2.45) is 11.8 Å². The zero-order chi connectivity index (χ0) is 38.3. The number of aromatic nitrogens is 2. The lowest BCUT2D eigenvalue weighted by molar-refractivity contribution is 0.231. The number of hydrogen-bond donors (Lipinski definition) is 5. The minimum Gasteiger partial charge on any atom is -0.491 e. The number of ether oxygens (including phenoxy) is 2. The molecule has 2 aromatic heterocycles. The average molecular weight is 766 g/mol. The number of aryl methyl sites for hydroxylation is 2. The molecule has 3 heterocycles. The molecule has 0 unspecified atom stereocenters. The third kappa shape index (κ3) is 14.9. The summed E-state index contributed by atoms with van der Waals surface area (Å²) in [5, 5.41) is 19.8. The minimum absolute atomic E-state index is 0.318. The molecule has 5 rings (SSSR count). The number of urea groups is 2. The van der Waals surface area contributed by atoms with Crippen LogP contribution in [0.3, 0.4) is 0 Å². The topological polar surface area (TPSA) is 145 Å². The summed E-state index contributed by atoms with van der Waals surface area (Å²) in [7, 11) is 3.96. The molecule has 0 atom stereocenters. The highest BCUT2D eigenvalue weighted by molar-refractivity contribution is 7.14. The van der Waals surface area contributed by atoms with Crippen LogP contribution in [0.25, 0.3) is 0 Å². The van der Waals surface area contributed by atoms with E-state index in [0.717, 1.165) is 61.8 Å². The van der Waals surface area contributed by atoms with Gasteiger partial charge < -0.3 is 30.3 Å². The number of benzene rings is 2. The lowest BCUT2D eigenvalue weighted by Crippen LogP contribution is -2.42. The van der Waals surface area contributed by atoms with Crippen molar-refractivity contribution < 1.29 is 19.1 Å². The Kier molecular flexibility index (Phi) is 16.3. The molecular formula is C38H55N9O4S2. The van der Waals surface area contributed by atoms with Crippen LogP contribution in [0.2, 0.25) is 0 Å². The minimum atomic E-state index is -0.330. The predicted octanol–water partition coefficient (Wildman–Crippen LogP) is 7.73. The molecule has 1 saturated heterocycles. The second kappa shape index (κ2) is 20.8. The molecule has 13 nitrogen and oxygen atoms in total. The molecule has 1 aliphatic rings. The van der Waals surface area contributed by atoms with E-state index in [1.165, 1.54) is 22.7 Å². The van der Waals surface area contributed by atoms with E-state index >= 15 is 0 Å². The number of nitrogens with zero attached hydrogens (tertiary/aromatic N) is 4. The van der Waals surface area contributed by atoms with Gasteiger partial charge in [0.1, 0.15) is 11.5 Å². The second-order valence-electron chi connectivity index (χ2n) is 14.1. The van der Waals surface area contributed by atoms with E-state index in [1.54, 1.807) is 0 Å². The van der Waals surface area contributed by atoms with Crippen molar-refractivity contribution in [3.05, 3.63) is 69.7 Å². The number of anilines is 4. The standard InChI is InChI=1S/C20H29N5O2S.C18H26N4O2S/c1-14(2)12-27-18-10-15(3)4-5-17(18)23-19(26)24-20-22-16(13-28-20)11-25-8-6-21-7-9-25;1-12(2)10-24-16-8-13(3)6-7-15(16)20-17(23)21-18-19-14(11-25-18)9-22(4)5/h4-5,10,13-14,21H,6-9,11-12H2,1-3H3,(H2,22,23,24,26);6-8,11-12H,9-10H2,1-5H3,(H2,19,20,21,23). The molecule has 1 fully saturated rings. The number of hydrogen-bond acceptors (Lipinski definition) is 11. The molecule has 0 aliphatic carbocycles. The molecule has 2 aromatic carbocycles. The number of carbonyl (C=O) groups is 2. The zero-order valence-corrected chi connectivity index (χ0v) is 33.8. The van der Waals surface area contributed by atoms with Gasteiger partial charge in [-0.05, 0) is 75.2 Å². The van der Waals surface area contributed by atoms with E-state index in [0.29, 0.717) is 58.2 Å². The maximum atomic E-state index is 12.4. The molecule has 4 aromatic rings. The van der Waals surface area contributed by atoms with Gasteiger partial charge in [-0.15, -0.1) is 22.7 Å². The normalized spacial score (nSPS) is 13.0. The van der Waals surface area contributed by atoms with Gasteiger partial charge in [0, 0.05) is 50.0 Å². The van der Waals surface area contributed by atoms with Gasteiger partial charge in [0.25, 0.3) is 0 Å². The summed E-state index contributed by atoms with van der Waals surface area (Å²) >= 11 is 2.85. The first kappa shape index (κ1) is 41.5. The van der Waals surface area contributed by atoms with Crippen LogP contribution in [-0.4, -0.2) is 85.3 Å². The van der Waals surface area contributed by atoms with E-state index in [1.807, 2.05) is 80.0 Å². The number of carbonyl (C=O) groups excluding carboxylic acids is 2. The third-order valence-electron chi connectivity index (χ3n) is 7.53. The average Bonchev–Trinajstić information content (AvgIpc) is 3.73. The largest absolute Gasteiger partial charge is 0.491 e. The summed E-state index contributed by atoms with van der Waals surface area (Å²) in [5.74, 6) is 2.18. The maximum Gasteiger partial charge on any atom is 0.325 e. The Morgan fingerprint density at radius 3 is 1.72 bits per heavy atom. The molecule has 15 heteroatoms. The lowest BCUT2D eigenvalue weighted by atomic mass is 10.2. The molecule has 4 amide bonds. The van der Waals surface area contributed by atoms with Gasteiger partial charge in [-0.1, -0.05) is 39.8 Å². The first-order valence-electron chi connectivity index (χ1n) is 17.9. The number of thiazole rings is 2. The van der Waals surface area contributed by atoms with Crippen LogP contribution in [0.5, 0.6) is 11.5 Å². The maximum absolute atomic E-state index is 12.4. The summed E-state index contributed by atoms with van der Waals surface area (Å²) < 4.78 is 11.7. The van der Waals surface area contributed by atoms with E-state index in [4.69, 9.17) is 9.47 Å². The smallest absolute Gasteiger partial charge is 0.325 e. The van der Waals surface area contributed by atoms with Crippen LogP contribution >= 0.6 is 22.7 Å². The monoisotopic (exact) mass is 765 g/mol. The molecule has 0 spiro atoms. The van der Waals surface area contributed by atoms with Crippen LogP contribution in [0.4, 0.5) is 31.2 Å². The van der Waals surface area contributed by atoms with Crippen LogP contribution in [-0.2, 0) is 13.1 Å². The molecule has 0 radical (unpaired) electrons. The lowest BCUT2D eigenvalue weighted by Gasteiger charge is -2.26. The quantitative estimate of drug-likeness (QED) is 0.0871. The van der Waals surface area contributed by atoms with Gasteiger partial charge in [-0.2, -0.15) is 0 Å². The number of amides is 4. The molecule has 53 heavy (non-hydrogen) atoms. The van der Waals surface area contributed by atoms with Crippen molar-refractivity contribution >= 4 is 56.4 Å². The van der Waals surface area contributed by atoms with Gasteiger partial charge >= 0.3 is 12.1 Å². The van der Waals surface area contributed by atoms with Crippen molar-refractivity contribution in [2.75, 3.05) is 74.8 Å². The fourth-order valence-corrected chi connectivity index (χ4v) is 6.41. The Labute approximate surface area is 321 Å². The van der Waals surface area contributed by atoms with E-state index in [2.05, 4.69) is 69.1 Å². The number of piperazine rings is 1. The molecular weight excluding hydrogens is 711 g/mol. The Morgan fingerprint density at radius 2 is 1.25 bits per heavy atom. The summed E-state index contributed by atoms with van der Waals surface area (Å²) in [6.07, 6.45) is 0. The molecule has 0 bridgehead atoms. The SMILES string of the molecule is Cc1ccc(NC(=O)Nc2nc(CN(C)C)cs2)c(OCC(C)C)c1.Cc1ccc(NC(=O)Nc2nc(CN3CCNCC3)cs2)c(OCC(C)C)c1. The fraction of sp³-hybridized carbons (Fsp3) is 0.474. The first-order chi connectivity index (χ1) is 25.3. The van der Waals surface area contributed by atoms with Crippen LogP contribution in [0.1, 0.15) is 50.2 Å². The van der Waals surface area contributed by atoms with Crippen molar-refractivity contribution in [1.82, 2.24) is 25.1 Å². The zero-order valence-electron chi connectivity index (χ0n) is 32.2. The highest BCUT2D eigenvalue weighted by Gasteiger charge is 2.15. The summed E-state index contributed by atoms with van der Waals surface area (Å²) in [6.45, 7) is 19.2. The number of rotatable bonds is 14. The van der Waals surface area contributed by atoms with Gasteiger partial charge in [0.2, 0.25) is 0 Å². The third-order valence-corrected chi connectivity index (χ3v) is 9.15. The Hall–Kier alpha value is -4.28. The van der Waals surface area contributed by atoms with Crippen LogP contribution in [0.15, 0.2) is 47.2 Å². The number of nitrogens with one attached hydrogen (secondary N) is 5. The van der Waals surface area contributed by atoms with E-state index in [-0.39, 0.29) is 12.1 Å². The Balaban J connectivity index is 0.000000238. The van der Waals surface area contributed by atoms with E-state index in [9.17, 15) is 9.59 Å². The highest BCUT2D eigenvalue weighted by Crippen LogP contribution is 2.28. The Morgan fingerprint density at radius 1 is 0.774 bits per heavy atom. The molecule has 5 N–H and O–H groups in total. The van der Waals surface area contributed by atoms with Crippen molar-refractivity contribution in [3.8, 4) is 11.5 Å². The van der Waals surface area contributed by atoms with Gasteiger partial charge in [0.15, 0.2) is 10.3 Å². The molecule has 288 valence electrons. The van der Waals surface area contributed by atoms with Crippen LogP contribution < -0.4 is 36.1 Å². The van der Waals surface area contributed by atoms with Gasteiger partial charge in [0.05, 0.1) is 36.0 Å². The Bertz CT molecular complexity index is 1750. The van der Waals surface area contributed by atoms with Gasteiger partial charge in [-0.25, -0.2) is 19.6 Å². The van der Waals surface area contributed by atoms with Gasteiger partial charge in [-0.3, -0.25) is 15.5 Å². The van der Waals surface area contributed by atoms with Crippen molar-refractivity contribution in [3.63, 3.8) is 0 Å². The highest BCUT2D eigenvalue weighted by atomic mass is 32.1. The first-order valence-corrected chi connectivity index (χ1v) is 19.7. The second-order valence-corrected chi connectivity index (χ2v) is 15.8. The summed E-state index contributed by atoms with van der Waals surface area (Å²) in [6, 6.07) is 10.8.